The molecule has 5 atom stereocenters. The summed E-state index contributed by atoms with van der Waals surface area (Å²) in [6, 6.07) is 3.59. The fourth-order valence-electron chi connectivity index (χ4n) is 4.00. The van der Waals surface area contributed by atoms with Crippen LogP contribution < -0.4 is 15.9 Å². The van der Waals surface area contributed by atoms with Gasteiger partial charge in [0.25, 0.3) is 0 Å². The third kappa shape index (κ3) is 3.67. The fraction of sp³-hybridized carbons (Fsp3) is 0.263. The van der Waals surface area contributed by atoms with E-state index in [9.17, 15) is 19.6 Å². The van der Waals surface area contributed by atoms with Gasteiger partial charge in [-0.2, -0.15) is 0 Å². The number of nitrogens with two attached hydrogens (primary N) is 1. The van der Waals surface area contributed by atoms with E-state index >= 15 is 0 Å². The topological polar surface area (TPSA) is 194 Å². The van der Waals surface area contributed by atoms with Gasteiger partial charge in [0.1, 0.15) is 47.2 Å². The van der Waals surface area contributed by atoms with E-state index in [0.29, 0.717) is 11.2 Å². The molecular weight excluding hydrogens is 553 g/mol. The van der Waals surface area contributed by atoms with Crippen LogP contribution in [0, 0.1) is 0 Å². The Morgan fingerprint density at radius 1 is 1.26 bits per heavy atom. The minimum Gasteiger partial charge on any atom is -0.507 e. The van der Waals surface area contributed by atoms with Crippen LogP contribution in [-0.4, -0.2) is 54.7 Å². The summed E-state index contributed by atoms with van der Waals surface area (Å²) in [5.41, 5.74) is 5.66. The molecule has 2 aliphatic heterocycles. The number of halogens is 1. The number of anilines is 1. The van der Waals surface area contributed by atoms with Crippen molar-refractivity contribution in [2.24, 2.45) is 0 Å². The van der Waals surface area contributed by atoms with Crippen LogP contribution >= 0.6 is 23.8 Å². The van der Waals surface area contributed by atoms with E-state index in [4.69, 9.17) is 28.5 Å². The molecule has 0 bridgehead atoms. The molecule has 0 radical (unpaired) electrons. The molecule has 1 aromatic carbocycles. The molecule has 0 saturated carbocycles. The average Bonchev–Trinajstić information content (AvgIpc) is 3.37. The van der Waals surface area contributed by atoms with Gasteiger partial charge >= 0.3 is 13.4 Å². The Morgan fingerprint density at radius 2 is 2.09 bits per heavy atom. The SMILES string of the molecule is Nc1ncnc2c1ncn2[C@@H]1O[C@@H]2COP(=O)(Oc3cc(=O)oc4cc(O)c(Br)cc34)O[C@H]2[C@H]1O. The average molecular weight is 568 g/mol. The van der Waals surface area contributed by atoms with Crippen molar-refractivity contribution in [3.63, 3.8) is 0 Å². The first-order valence-electron chi connectivity index (χ1n) is 10.1. The van der Waals surface area contributed by atoms with Crippen LogP contribution in [0.25, 0.3) is 22.1 Å². The number of aromatic hydroxyl groups is 1. The standard InChI is InChI=1S/C19H15BrN5O9P/c20-8-1-7-10(2-9(8)26)31-13(27)3-11(7)33-35(29)30-4-12-16(34-35)15(28)19(32-12)25-6-24-14-17(21)22-5-23-18(14)25/h1-3,5-6,12,15-16,19,26,28H,4H2,(H2,21,22,23)/t12-,15-,16-,19-,35?/m1/s1. The van der Waals surface area contributed by atoms with Gasteiger partial charge in [0, 0.05) is 6.07 Å². The quantitative estimate of drug-likeness (QED) is 0.240. The van der Waals surface area contributed by atoms with Crippen LogP contribution in [0.2, 0.25) is 0 Å². The first-order chi connectivity index (χ1) is 16.7. The smallest absolute Gasteiger partial charge is 0.507 e. The zero-order valence-electron chi connectivity index (χ0n) is 17.3. The van der Waals surface area contributed by atoms with Crippen molar-refractivity contribution in [3.05, 3.63) is 45.7 Å². The monoisotopic (exact) mass is 567 g/mol. The second-order valence-electron chi connectivity index (χ2n) is 7.77. The van der Waals surface area contributed by atoms with Gasteiger partial charge < -0.3 is 29.6 Å². The Hall–Kier alpha value is -3.07. The summed E-state index contributed by atoms with van der Waals surface area (Å²) in [7, 11) is -4.32. The number of hydrogen-bond acceptors (Lipinski definition) is 13. The Labute approximate surface area is 203 Å². The van der Waals surface area contributed by atoms with Gasteiger partial charge in [0.05, 0.1) is 28.9 Å². The molecule has 4 aromatic rings. The van der Waals surface area contributed by atoms with Gasteiger partial charge in [-0.3, -0.25) is 13.6 Å². The number of nitrogen functional groups attached to an aromatic ring is 1. The molecule has 6 rings (SSSR count). The van der Waals surface area contributed by atoms with Gasteiger partial charge in [-0.05, 0) is 22.0 Å². The highest BCUT2D eigenvalue weighted by Gasteiger charge is 2.54. The van der Waals surface area contributed by atoms with Gasteiger partial charge in [-0.15, -0.1) is 0 Å². The highest BCUT2D eigenvalue weighted by molar-refractivity contribution is 9.10. The fourth-order valence-corrected chi connectivity index (χ4v) is 5.78. The molecular formula is C19H15BrN5O9P. The maximum atomic E-state index is 13.4. The summed E-state index contributed by atoms with van der Waals surface area (Å²) in [4.78, 5) is 24.2. The maximum absolute atomic E-state index is 13.4. The summed E-state index contributed by atoms with van der Waals surface area (Å²) in [5.74, 6) is -0.166. The number of fused-ring (bicyclic) bond motifs is 3. The lowest BCUT2D eigenvalue weighted by Gasteiger charge is -2.30. The molecule has 182 valence electrons. The number of aliphatic hydroxyl groups is 1. The first kappa shape index (κ1) is 22.4. The zero-order valence-corrected chi connectivity index (χ0v) is 19.8. The van der Waals surface area contributed by atoms with E-state index in [1.165, 1.54) is 29.4 Å². The number of imidazole rings is 1. The summed E-state index contributed by atoms with van der Waals surface area (Å²) >= 11 is 3.17. The lowest BCUT2D eigenvalue weighted by Crippen LogP contribution is -2.40. The highest BCUT2D eigenvalue weighted by atomic mass is 79.9. The van der Waals surface area contributed by atoms with Crippen molar-refractivity contribution in [3.8, 4) is 11.5 Å². The Balaban J connectivity index is 1.30. The third-order valence-corrected chi connectivity index (χ3v) is 7.62. The van der Waals surface area contributed by atoms with Crippen molar-refractivity contribution >= 4 is 51.7 Å². The Morgan fingerprint density at radius 3 is 2.91 bits per heavy atom. The molecule has 35 heavy (non-hydrogen) atoms. The summed E-state index contributed by atoms with van der Waals surface area (Å²) in [5, 5.41) is 21.1. The van der Waals surface area contributed by atoms with E-state index in [1.54, 1.807) is 0 Å². The number of aromatic nitrogens is 4. The number of phenols is 1. The minimum absolute atomic E-state index is 0.00719. The van der Waals surface area contributed by atoms with Crippen molar-refractivity contribution < 1.29 is 37.5 Å². The van der Waals surface area contributed by atoms with Crippen LogP contribution in [0.15, 0.2) is 44.5 Å². The minimum atomic E-state index is -4.32. The molecule has 0 spiro atoms. The molecule has 5 heterocycles. The second-order valence-corrected chi connectivity index (χ2v) is 10.2. The van der Waals surface area contributed by atoms with E-state index in [2.05, 4.69) is 30.9 Å². The third-order valence-electron chi connectivity index (χ3n) is 5.60. The van der Waals surface area contributed by atoms with Crippen molar-refractivity contribution in [1.29, 1.82) is 0 Å². The normalized spacial score (nSPS) is 28.4. The van der Waals surface area contributed by atoms with E-state index in [-0.39, 0.29) is 39.4 Å². The zero-order chi connectivity index (χ0) is 24.5. The lowest BCUT2D eigenvalue weighted by molar-refractivity contribution is -0.0651. The predicted octanol–water partition coefficient (Wildman–Crippen LogP) is 1.84. The number of nitrogens with zero attached hydrogens (tertiary/aromatic N) is 4. The van der Waals surface area contributed by atoms with Crippen molar-refractivity contribution in [1.82, 2.24) is 19.5 Å². The molecule has 2 aliphatic rings. The predicted molar refractivity (Wildman–Crippen MR) is 121 cm³/mol. The number of phosphoric ester groups is 1. The molecule has 2 fully saturated rings. The first-order valence-corrected chi connectivity index (χ1v) is 12.3. The molecule has 16 heteroatoms. The van der Waals surface area contributed by atoms with Crippen LogP contribution in [0.1, 0.15) is 6.23 Å². The number of hydrogen-bond donors (Lipinski definition) is 3. The number of rotatable bonds is 3. The van der Waals surface area contributed by atoms with Crippen LogP contribution in [0.3, 0.4) is 0 Å². The van der Waals surface area contributed by atoms with Gasteiger partial charge in [0.2, 0.25) is 0 Å². The number of ether oxygens (including phenoxy) is 1. The van der Waals surface area contributed by atoms with Gasteiger partial charge in [-0.25, -0.2) is 24.3 Å². The molecule has 2 saturated heterocycles. The summed E-state index contributed by atoms with van der Waals surface area (Å²) in [6.45, 7) is -0.233. The van der Waals surface area contributed by atoms with Crippen LogP contribution in [0.5, 0.6) is 11.5 Å². The molecule has 1 unspecified atom stereocenters. The largest absolute Gasteiger partial charge is 0.530 e. The summed E-state index contributed by atoms with van der Waals surface area (Å²) < 4.78 is 42.5. The van der Waals surface area contributed by atoms with Gasteiger partial charge in [0.15, 0.2) is 17.7 Å². The van der Waals surface area contributed by atoms with Crippen molar-refractivity contribution in [2.45, 2.75) is 24.5 Å². The molecule has 14 nitrogen and oxygen atoms in total. The maximum Gasteiger partial charge on any atom is 0.530 e. The Kier molecular flexibility index (Phi) is 5.11. The molecule has 4 N–H and O–H groups in total. The molecule has 0 aliphatic carbocycles. The molecule has 0 amide bonds. The second kappa shape index (κ2) is 7.98. The number of benzene rings is 1. The highest BCUT2D eigenvalue weighted by Crippen LogP contribution is 2.57. The number of aliphatic hydroxyl groups excluding tert-OH is 1. The molecule has 3 aromatic heterocycles. The van der Waals surface area contributed by atoms with Crippen LogP contribution in [-0.2, 0) is 18.3 Å². The van der Waals surface area contributed by atoms with Crippen molar-refractivity contribution in [2.75, 3.05) is 12.3 Å². The van der Waals surface area contributed by atoms with E-state index in [0.717, 1.165) is 6.07 Å². The van der Waals surface area contributed by atoms with Gasteiger partial charge in [-0.1, -0.05) is 0 Å². The lowest BCUT2D eigenvalue weighted by atomic mass is 10.1. The van der Waals surface area contributed by atoms with Crippen LogP contribution in [0.4, 0.5) is 5.82 Å². The number of phosphoric acid groups is 1. The van der Waals surface area contributed by atoms with E-state index < -0.39 is 38.0 Å². The van der Waals surface area contributed by atoms with E-state index in [1.807, 2.05) is 0 Å². The summed E-state index contributed by atoms with van der Waals surface area (Å²) in [6.07, 6.45) is -1.55. The number of phenolic OH excluding ortho intramolecular Hbond substituents is 1. The Bertz CT molecular complexity index is 1590.